The zero-order valence-electron chi connectivity index (χ0n) is 13.1. The molecule has 0 aromatic carbocycles. The smallest absolute Gasteiger partial charge is 0.0781 e. The molecular weight excluding hydrogens is 240 g/mol. The van der Waals surface area contributed by atoms with Gasteiger partial charge in [-0.05, 0) is 49.9 Å². The Morgan fingerprint density at radius 3 is 2.37 bits per heavy atom. The molecule has 0 aliphatic heterocycles. The highest BCUT2D eigenvalue weighted by Crippen LogP contribution is 2.66. The van der Waals surface area contributed by atoms with Crippen LogP contribution in [-0.2, 0) is 9.47 Å². The number of hydrogen-bond donors (Lipinski definition) is 1. The van der Waals surface area contributed by atoms with Crippen LogP contribution in [0, 0.1) is 16.7 Å². The average Bonchev–Trinajstić information content (AvgIpc) is 2.66. The lowest BCUT2D eigenvalue weighted by molar-refractivity contribution is -0.0939. The van der Waals surface area contributed by atoms with E-state index in [2.05, 4.69) is 20.8 Å². The van der Waals surface area contributed by atoms with E-state index in [4.69, 9.17) is 9.47 Å². The van der Waals surface area contributed by atoms with Gasteiger partial charge in [0, 0.05) is 0 Å². The second kappa shape index (κ2) is 5.34. The topological polar surface area (TPSA) is 38.7 Å². The highest BCUT2D eigenvalue weighted by atomic mass is 16.5. The zero-order valence-corrected chi connectivity index (χ0v) is 13.1. The first-order chi connectivity index (χ1) is 8.77. The van der Waals surface area contributed by atoms with E-state index in [1.807, 2.05) is 6.92 Å². The summed E-state index contributed by atoms with van der Waals surface area (Å²) in [5.41, 5.74) is 0.725. The standard InChI is InChI=1S/C16H30O3/c1-11(17)9-18-12(2)10-19-14-8-13-6-7-16(14,5)15(13,3)4/h11-14,17H,6-10H2,1-5H3/t11?,12?,13-,14-,16+/m0/s1. The molecule has 2 bridgehead atoms. The Kier molecular flexibility index (Phi) is 4.29. The summed E-state index contributed by atoms with van der Waals surface area (Å²) in [6.45, 7) is 12.0. The molecule has 3 heteroatoms. The first-order valence-corrected chi connectivity index (χ1v) is 7.68. The lowest BCUT2D eigenvalue weighted by Crippen LogP contribution is -2.38. The number of aliphatic hydroxyl groups excluding tert-OH is 1. The molecule has 5 atom stereocenters. The lowest BCUT2D eigenvalue weighted by Gasteiger charge is -2.39. The van der Waals surface area contributed by atoms with Gasteiger partial charge in [-0.2, -0.15) is 0 Å². The zero-order chi connectivity index (χ0) is 14.3. The van der Waals surface area contributed by atoms with Crippen molar-refractivity contribution in [2.75, 3.05) is 13.2 Å². The van der Waals surface area contributed by atoms with Crippen LogP contribution in [0.1, 0.15) is 53.9 Å². The lowest BCUT2D eigenvalue weighted by atomic mass is 9.70. The third-order valence-electron chi connectivity index (χ3n) is 5.87. The summed E-state index contributed by atoms with van der Waals surface area (Å²) in [4.78, 5) is 0. The van der Waals surface area contributed by atoms with E-state index in [1.165, 1.54) is 19.3 Å². The van der Waals surface area contributed by atoms with Crippen molar-refractivity contribution in [3.63, 3.8) is 0 Å². The number of ether oxygens (including phenoxy) is 2. The third-order valence-corrected chi connectivity index (χ3v) is 5.87. The van der Waals surface area contributed by atoms with E-state index in [0.29, 0.717) is 30.1 Å². The van der Waals surface area contributed by atoms with Gasteiger partial charge in [-0.3, -0.25) is 0 Å². The summed E-state index contributed by atoms with van der Waals surface area (Å²) < 4.78 is 11.7. The van der Waals surface area contributed by atoms with Gasteiger partial charge in [-0.1, -0.05) is 20.8 Å². The van der Waals surface area contributed by atoms with Crippen molar-refractivity contribution in [2.45, 2.75) is 72.2 Å². The number of fused-ring (bicyclic) bond motifs is 2. The van der Waals surface area contributed by atoms with E-state index < -0.39 is 6.10 Å². The second-order valence-electron chi connectivity index (χ2n) is 7.43. The normalized spacial score (nSPS) is 39.5. The van der Waals surface area contributed by atoms with Crippen LogP contribution in [0.25, 0.3) is 0 Å². The first kappa shape index (κ1) is 15.3. The van der Waals surface area contributed by atoms with Gasteiger partial charge < -0.3 is 14.6 Å². The van der Waals surface area contributed by atoms with Crippen molar-refractivity contribution in [1.82, 2.24) is 0 Å². The fraction of sp³-hybridized carbons (Fsp3) is 1.00. The number of rotatable bonds is 6. The fourth-order valence-corrected chi connectivity index (χ4v) is 3.99. The highest BCUT2D eigenvalue weighted by molar-refractivity contribution is 5.11. The molecule has 0 aromatic heterocycles. The number of hydrogen-bond acceptors (Lipinski definition) is 3. The molecule has 2 aliphatic carbocycles. The van der Waals surface area contributed by atoms with Gasteiger partial charge in [0.2, 0.25) is 0 Å². The van der Waals surface area contributed by atoms with Gasteiger partial charge in [-0.25, -0.2) is 0 Å². The van der Waals surface area contributed by atoms with Crippen LogP contribution < -0.4 is 0 Å². The minimum Gasteiger partial charge on any atom is -0.391 e. The minimum absolute atomic E-state index is 0.0560. The molecule has 2 unspecified atom stereocenters. The van der Waals surface area contributed by atoms with Crippen molar-refractivity contribution < 1.29 is 14.6 Å². The van der Waals surface area contributed by atoms with Gasteiger partial charge in [0.05, 0.1) is 31.5 Å². The molecule has 19 heavy (non-hydrogen) atoms. The van der Waals surface area contributed by atoms with Crippen molar-refractivity contribution >= 4 is 0 Å². The summed E-state index contributed by atoms with van der Waals surface area (Å²) in [6, 6.07) is 0. The van der Waals surface area contributed by atoms with E-state index >= 15 is 0 Å². The molecule has 0 saturated heterocycles. The van der Waals surface area contributed by atoms with Crippen LogP contribution in [0.2, 0.25) is 0 Å². The van der Waals surface area contributed by atoms with Gasteiger partial charge in [-0.15, -0.1) is 0 Å². The fourth-order valence-electron chi connectivity index (χ4n) is 3.99. The molecule has 3 nitrogen and oxygen atoms in total. The SMILES string of the molecule is CC(O)COC(C)CO[C@H]1C[C@@H]2CC[C@@]1(C)C2(C)C. The van der Waals surface area contributed by atoms with Crippen molar-refractivity contribution in [3.8, 4) is 0 Å². The van der Waals surface area contributed by atoms with Crippen LogP contribution in [0.15, 0.2) is 0 Å². The minimum atomic E-state index is -0.401. The van der Waals surface area contributed by atoms with Crippen molar-refractivity contribution in [3.05, 3.63) is 0 Å². The predicted octanol–water partition coefficient (Wildman–Crippen LogP) is 3.00. The van der Waals surface area contributed by atoms with E-state index in [9.17, 15) is 5.11 Å². The second-order valence-corrected chi connectivity index (χ2v) is 7.43. The predicted molar refractivity (Wildman–Crippen MR) is 76.1 cm³/mol. The van der Waals surface area contributed by atoms with Crippen molar-refractivity contribution in [1.29, 1.82) is 0 Å². The molecule has 0 radical (unpaired) electrons. The highest BCUT2D eigenvalue weighted by Gasteiger charge is 2.61. The Labute approximate surface area is 117 Å². The molecule has 1 N–H and O–H groups in total. The van der Waals surface area contributed by atoms with Crippen LogP contribution in [0.3, 0.4) is 0 Å². The Morgan fingerprint density at radius 1 is 1.21 bits per heavy atom. The largest absolute Gasteiger partial charge is 0.391 e. The summed E-state index contributed by atoms with van der Waals surface area (Å²) in [5.74, 6) is 0.816. The molecule has 0 amide bonds. The molecular formula is C16H30O3. The van der Waals surface area contributed by atoms with Crippen LogP contribution in [0.4, 0.5) is 0 Å². The van der Waals surface area contributed by atoms with Crippen LogP contribution >= 0.6 is 0 Å². The third kappa shape index (κ3) is 2.70. The van der Waals surface area contributed by atoms with Gasteiger partial charge >= 0.3 is 0 Å². The average molecular weight is 270 g/mol. The van der Waals surface area contributed by atoms with Gasteiger partial charge in [0.25, 0.3) is 0 Å². The Balaban J connectivity index is 1.82. The molecule has 2 saturated carbocycles. The van der Waals surface area contributed by atoms with E-state index in [0.717, 1.165) is 5.92 Å². The van der Waals surface area contributed by atoms with Crippen LogP contribution in [-0.4, -0.2) is 36.6 Å². The quantitative estimate of drug-likeness (QED) is 0.806. The van der Waals surface area contributed by atoms with E-state index in [-0.39, 0.29) is 6.10 Å². The molecule has 0 aromatic rings. The Hall–Kier alpha value is -0.120. The first-order valence-electron chi connectivity index (χ1n) is 7.68. The Bertz CT molecular complexity index is 313. The molecule has 2 fully saturated rings. The maximum absolute atomic E-state index is 9.21. The van der Waals surface area contributed by atoms with Crippen LogP contribution in [0.5, 0.6) is 0 Å². The molecule has 0 spiro atoms. The summed E-state index contributed by atoms with van der Waals surface area (Å²) in [6.07, 6.45) is 3.88. The van der Waals surface area contributed by atoms with E-state index in [1.54, 1.807) is 6.92 Å². The van der Waals surface area contributed by atoms with Gasteiger partial charge in [0.15, 0.2) is 0 Å². The Morgan fingerprint density at radius 2 is 1.89 bits per heavy atom. The maximum Gasteiger partial charge on any atom is 0.0781 e. The number of aliphatic hydroxyl groups is 1. The summed E-state index contributed by atoms with van der Waals surface area (Å²) >= 11 is 0. The van der Waals surface area contributed by atoms with Gasteiger partial charge in [0.1, 0.15) is 0 Å². The van der Waals surface area contributed by atoms with Crippen molar-refractivity contribution in [2.24, 2.45) is 16.7 Å². The maximum atomic E-state index is 9.21. The molecule has 0 heterocycles. The molecule has 112 valence electrons. The summed E-state index contributed by atoms with van der Waals surface area (Å²) in [5, 5.41) is 9.21. The summed E-state index contributed by atoms with van der Waals surface area (Å²) in [7, 11) is 0. The monoisotopic (exact) mass is 270 g/mol. The molecule has 2 rings (SSSR count). The molecule has 2 aliphatic rings.